The Morgan fingerprint density at radius 1 is 1.00 bits per heavy atom. The van der Waals surface area contributed by atoms with Crippen LogP contribution in [-0.4, -0.2) is 63.5 Å². The molecule has 0 heterocycles. The predicted octanol–water partition coefficient (Wildman–Crippen LogP) is -1.50. The van der Waals surface area contributed by atoms with Crippen LogP contribution in [0.5, 0.6) is 0 Å². The van der Waals surface area contributed by atoms with Gasteiger partial charge >= 0.3 is 46.1 Å². The van der Waals surface area contributed by atoms with Gasteiger partial charge in [-0.3, -0.25) is 0 Å². The van der Waals surface area contributed by atoms with Gasteiger partial charge in [-0.1, -0.05) is 0 Å². The van der Waals surface area contributed by atoms with Crippen molar-refractivity contribution in [1.29, 1.82) is 0 Å². The third-order valence-corrected chi connectivity index (χ3v) is 0. The van der Waals surface area contributed by atoms with Crippen molar-refractivity contribution in [3.63, 3.8) is 0 Å². The monoisotopic (exact) mass is 138 g/mol. The molecule has 0 saturated heterocycles. The van der Waals surface area contributed by atoms with E-state index in [0.717, 1.165) is 0 Å². The molecule has 22 valence electrons. The normalized spacial score (nSPS) is 0. The molecule has 0 aromatic heterocycles. The van der Waals surface area contributed by atoms with E-state index in [-0.39, 0.29) is 86.2 Å². The first-order valence-corrected chi connectivity index (χ1v) is 0. The molecule has 0 spiro atoms. The molecule has 0 aromatic carbocycles. The van der Waals surface area contributed by atoms with Gasteiger partial charge in [0.2, 0.25) is 0 Å². The topological polar surface area (TPSA) is 0 Å². The summed E-state index contributed by atoms with van der Waals surface area (Å²) in [6, 6.07) is 0. The zero-order chi connectivity index (χ0) is 0. The minimum atomic E-state index is 0. The van der Waals surface area contributed by atoms with E-state index in [1.165, 1.54) is 0 Å². The number of hydrogen-bond donors (Lipinski definition) is 0. The zero-order valence-corrected chi connectivity index (χ0v) is 5.70. The minimum Gasteiger partial charge on any atom is -1.00 e. The number of hydrogen-bond acceptors (Lipinski definition) is 0. The summed E-state index contributed by atoms with van der Waals surface area (Å²) in [5, 5.41) is 0. The average molecular weight is 138 g/mol. The van der Waals surface area contributed by atoms with Gasteiger partial charge in [0.25, 0.3) is 0 Å². The summed E-state index contributed by atoms with van der Waals surface area (Å²) in [6.45, 7) is 0. The molecule has 0 amide bonds. The van der Waals surface area contributed by atoms with Gasteiger partial charge in [0.1, 0.15) is 0 Å². The van der Waals surface area contributed by atoms with E-state index in [0.29, 0.717) is 0 Å². The van der Waals surface area contributed by atoms with Crippen LogP contribution in [-0.2, 0) is 17.1 Å². The second-order valence-electron chi connectivity index (χ2n) is 0. The maximum absolute atomic E-state index is 0. The molecule has 0 aromatic rings. The fourth-order valence-corrected chi connectivity index (χ4v) is 0. The Bertz CT molecular complexity index is 14.0. The van der Waals surface area contributed by atoms with E-state index in [9.17, 15) is 0 Å². The molecular formula is H7AlFeMg2. The fraction of sp³-hybridized carbons (Fsp3) is 0. The molecule has 0 rings (SSSR count). The van der Waals surface area contributed by atoms with Crippen LogP contribution in [0.25, 0.3) is 0 Å². The van der Waals surface area contributed by atoms with Crippen LogP contribution in [0, 0.1) is 0 Å². The van der Waals surface area contributed by atoms with Crippen LogP contribution in [0.15, 0.2) is 0 Å². The summed E-state index contributed by atoms with van der Waals surface area (Å²) < 4.78 is 0. The van der Waals surface area contributed by atoms with Crippen LogP contribution >= 0.6 is 0 Å². The van der Waals surface area contributed by atoms with E-state index in [1.807, 2.05) is 0 Å². The van der Waals surface area contributed by atoms with Crippen molar-refractivity contribution in [3.05, 3.63) is 0 Å². The predicted molar refractivity (Wildman–Crippen MR) is 25.9 cm³/mol. The summed E-state index contributed by atoms with van der Waals surface area (Å²) in [5.41, 5.74) is 0. The molecule has 0 unspecified atom stereocenters. The summed E-state index contributed by atoms with van der Waals surface area (Å²) >= 11 is 0. The molecule has 4 heteroatoms. The Balaban J connectivity index is 0. The Morgan fingerprint density at radius 3 is 1.00 bits per heavy atom. The second-order valence-corrected chi connectivity index (χ2v) is 0. The number of rotatable bonds is 0. The summed E-state index contributed by atoms with van der Waals surface area (Å²) in [5.74, 6) is 0. The van der Waals surface area contributed by atoms with E-state index >= 15 is 0 Å². The van der Waals surface area contributed by atoms with E-state index in [1.54, 1.807) is 0 Å². The summed E-state index contributed by atoms with van der Waals surface area (Å²) in [4.78, 5) is 0. The van der Waals surface area contributed by atoms with Gasteiger partial charge in [-0.2, -0.15) is 0 Å². The van der Waals surface area contributed by atoms with Crippen LogP contribution in [0.1, 0.15) is 5.71 Å². The Morgan fingerprint density at radius 2 is 1.00 bits per heavy atom. The van der Waals surface area contributed by atoms with Crippen LogP contribution in [0.2, 0.25) is 0 Å². The molecular weight excluding hydrogens is 131 g/mol. The van der Waals surface area contributed by atoms with Gasteiger partial charge < -0.3 is 5.71 Å². The Labute approximate surface area is 85.3 Å². The van der Waals surface area contributed by atoms with Crippen LogP contribution in [0.3, 0.4) is 0 Å². The minimum absolute atomic E-state index is 0. The van der Waals surface area contributed by atoms with E-state index in [4.69, 9.17) is 0 Å². The van der Waals surface area contributed by atoms with Gasteiger partial charge in [-0.25, -0.2) is 0 Å². The van der Waals surface area contributed by atoms with Crippen molar-refractivity contribution < 1.29 is 22.8 Å². The Kier molecular flexibility index (Phi) is 135. The van der Waals surface area contributed by atoms with Gasteiger partial charge in [-0.15, -0.1) is 0 Å². The van der Waals surface area contributed by atoms with Crippen LogP contribution < -0.4 is 0 Å². The zero-order valence-electron chi connectivity index (χ0n) is 5.77. The van der Waals surface area contributed by atoms with E-state index < -0.39 is 0 Å². The quantitative estimate of drug-likeness (QED) is 0.358. The second kappa shape index (κ2) is 17.6. The maximum Gasteiger partial charge on any atom is 2.00 e. The smallest absolute Gasteiger partial charge is 1.00 e. The van der Waals surface area contributed by atoms with Gasteiger partial charge in [0, 0.05) is 17.1 Å². The van der Waals surface area contributed by atoms with Crippen molar-refractivity contribution in [2.75, 3.05) is 0 Å². The third-order valence-electron chi connectivity index (χ3n) is 0. The first-order valence-electron chi connectivity index (χ1n) is 0. The van der Waals surface area contributed by atoms with E-state index in [2.05, 4.69) is 0 Å². The summed E-state index contributed by atoms with van der Waals surface area (Å²) in [7, 11) is 0. The summed E-state index contributed by atoms with van der Waals surface area (Å²) in [6.07, 6.45) is 0. The SMILES string of the molecule is [AlH3].[Fe].[H-].[H-].[H-].[H-].[Mg+2].[Mg+2]. The molecule has 0 radical (unpaired) electrons. The molecule has 0 nitrogen and oxygen atoms in total. The van der Waals surface area contributed by atoms with Gasteiger partial charge in [0.15, 0.2) is 17.4 Å². The molecule has 0 bridgehead atoms. The molecule has 0 aliphatic rings. The van der Waals surface area contributed by atoms with Gasteiger partial charge in [0.05, 0.1) is 0 Å². The van der Waals surface area contributed by atoms with Crippen molar-refractivity contribution in [2.45, 2.75) is 0 Å². The average Bonchev–Trinajstić information content (AvgIpc) is 0. The molecule has 0 fully saturated rings. The Hall–Kier alpha value is 2.58. The molecule has 0 saturated carbocycles. The molecule has 4 heavy (non-hydrogen) atoms. The first-order chi connectivity index (χ1) is 0. The maximum atomic E-state index is 0. The van der Waals surface area contributed by atoms with Crippen molar-refractivity contribution in [3.8, 4) is 0 Å². The van der Waals surface area contributed by atoms with Crippen molar-refractivity contribution >= 4 is 63.5 Å². The largest absolute Gasteiger partial charge is 2.00 e. The fourth-order valence-electron chi connectivity index (χ4n) is 0. The molecule has 0 aliphatic heterocycles. The standard InChI is InChI=1S/Al.Fe.2Mg.7H/q;;2*+2;;;;4*-1. The molecule has 0 N–H and O–H groups in total. The van der Waals surface area contributed by atoms with Gasteiger partial charge in [-0.05, 0) is 0 Å². The van der Waals surface area contributed by atoms with Crippen molar-refractivity contribution in [1.82, 2.24) is 0 Å². The third kappa shape index (κ3) is 8.82. The van der Waals surface area contributed by atoms with Crippen molar-refractivity contribution in [2.24, 2.45) is 0 Å². The van der Waals surface area contributed by atoms with Crippen LogP contribution in [0.4, 0.5) is 0 Å². The molecule has 0 atom stereocenters. The first kappa shape index (κ1) is 30.7. The molecule has 0 aliphatic carbocycles.